The fraction of sp³-hybridized carbons (Fsp3) is 0.200. The summed E-state index contributed by atoms with van der Waals surface area (Å²) < 4.78 is 0.940. The molecule has 0 fully saturated rings. The molecule has 0 aromatic heterocycles. The summed E-state index contributed by atoms with van der Waals surface area (Å²) in [4.78, 5) is 4.26. The Kier molecular flexibility index (Phi) is 5.13. The standard InChI is InChI=1S/C10H9BrClN3S/c1-6-7(11)3-4-8(9(6)12)15-10(16-2)14-5-13/h3-4H,1-2H3,(H,14,15). The van der Waals surface area contributed by atoms with Crippen LogP contribution in [0.5, 0.6) is 0 Å². The molecule has 3 nitrogen and oxygen atoms in total. The van der Waals surface area contributed by atoms with E-state index in [9.17, 15) is 0 Å². The summed E-state index contributed by atoms with van der Waals surface area (Å²) in [6, 6.07) is 3.68. The zero-order valence-electron chi connectivity index (χ0n) is 8.71. The third kappa shape index (κ3) is 3.14. The molecule has 0 aliphatic carbocycles. The molecule has 0 radical (unpaired) electrons. The third-order valence-corrected chi connectivity index (χ3v) is 3.79. The van der Waals surface area contributed by atoms with E-state index in [4.69, 9.17) is 16.9 Å². The highest BCUT2D eigenvalue weighted by Crippen LogP contribution is 2.33. The zero-order valence-corrected chi connectivity index (χ0v) is 11.9. The minimum absolute atomic E-state index is 0.520. The number of hydrogen-bond donors (Lipinski definition) is 1. The monoisotopic (exact) mass is 317 g/mol. The van der Waals surface area contributed by atoms with Gasteiger partial charge in [0.2, 0.25) is 0 Å². The summed E-state index contributed by atoms with van der Waals surface area (Å²) in [5.74, 6) is 0. The largest absolute Gasteiger partial charge is 0.271 e. The van der Waals surface area contributed by atoms with Crippen LogP contribution in [0.2, 0.25) is 5.02 Å². The second-order valence-electron chi connectivity index (χ2n) is 2.86. The topological polar surface area (TPSA) is 48.2 Å². The van der Waals surface area contributed by atoms with E-state index in [1.807, 2.05) is 25.4 Å². The number of aliphatic imine (C=N–C) groups is 1. The van der Waals surface area contributed by atoms with Crippen LogP contribution in [-0.2, 0) is 0 Å². The van der Waals surface area contributed by atoms with E-state index in [0.717, 1.165) is 10.0 Å². The van der Waals surface area contributed by atoms with Gasteiger partial charge in [-0.05, 0) is 30.9 Å². The van der Waals surface area contributed by atoms with Crippen LogP contribution in [0.1, 0.15) is 5.56 Å². The van der Waals surface area contributed by atoms with Gasteiger partial charge < -0.3 is 0 Å². The van der Waals surface area contributed by atoms with Gasteiger partial charge in [0.15, 0.2) is 11.4 Å². The summed E-state index contributed by atoms with van der Waals surface area (Å²) >= 11 is 10.9. The maximum Gasteiger partial charge on any atom is 0.183 e. The summed E-state index contributed by atoms with van der Waals surface area (Å²) in [6.45, 7) is 1.90. The van der Waals surface area contributed by atoms with Crippen molar-refractivity contribution in [2.75, 3.05) is 6.26 Å². The maximum atomic E-state index is 8.52. The number of thioether (sulfide) groups is 1. The van der Waals surface area contributed by atoms with E-state index in [0.29, 0.717) is 15.9 Å². The number of benzene rings is 1. The minimum Gasteiger partial charge on any atom is -0.271 e. The molecule has 84 valence electrons. The molecule has 0 aliphatic heterocycles. The Bertz CT molecular complexity index is 468. The van der Waals surface area contributed by atoms with Crippen LogP contribution in [0.3, 0.4) is 0 Å². The molecule has 0 spiro atoms. The lowest BCUT2D eigenvalue weighted by Gasteiger charge is -2.05. The second kappa shape index (κ2) is 6.14. The average Bonchev–Trinajstić information content (AvgIpc) is 2.29. The zero-order chi connectivity index (χ0) is 12.1. The smallest absolute Gasteiger partial charge is 0.183 e. The highest BCUT2D eigenvalue weighted by Gasteiger charge is 2.06. The fourth-order valence-electron chi connectivity index (χ4n) is 1.02. The molecule has 0 unspecified atom stereocenters. The van der Waals surface area contributed by atoms with Gasteiger partial charge in [0.25, 0.3) is 0 Å². The van der Waals surface area contributed by atoms with Crippen molar-refractivity contribution in [2.24, 2.45) is 4.99 Å². The first kappa shape index (κ1) is 13.4. The molecular formula is C10H9BrClN3S. The van der Waals surface area contributed by atoms with Gasteiger partial charge in [0.05, 0.1) is 10.7 Å². The molecule has 1 aromatic carbocycles. The number of hydrogen-bond acceptors (Lipinski definition) is 3. The van der Waals surface area contributed by atoms with Crippen LogP contribution < -0.4 is 5.32 Å². The first-order valence-electron chi connectivity index (χ1n) is 4.32. The average molecular weight is 319 g/mol. The van der Waals surface area contributed by atoms with E-state index in [2.05, 4.69) is 26.2 Å². The van der Waals surface area contributed by atoms with Crippen LogP contribution >= 0.6 is 39.3 Å². The Morgan fingerprint density at radius 1 is 1.62 bits per heavy atom. The highest BCUT2D eigenvalue weighted by molar-refractivity contribution is 9.10. The molecule has 0 aliphatic rings. The predicted molar refractivity (Wildman–Crippen MR) is 73.2 cm³/mol. The lowest BCUT2D eigenvalue weighted by atomic mass is 10.2. The van der Waals surface area contributed by atoms with Crippen molar-refractivity contribution in [1.29, 1.82) is 5.26 Å². The maximum absolute atomic E-state index is 8.52. The molecule has 0 atom stereocenters. The molecule has 1 aromatic rings. The Labute approximate surface area is 112 Å². The van der Waals surface area contributed by atoms with Gasteiger partial charge in [0.1, 0.15) is 0 Å². The van der Waals surface area contributed by atoms with Crippen LogP contribution in [0.15, 0.2) is 21.6 Å². The third-order valence-electron chi connectivity index (χ3n) is 1.88. The molecule has 0 bridgehead atoms. The van der Waals surface area contributed by atoms with Crippen LogP contribution in [0, 0.1) is 18.4 Å². The second-order valence-corrected chi connectivity index (χ2v) is 4.89. The summed E-state index contributed by atoms with van der Waals surface area (Å²) in [5, 5.41) is 12.1. The van der Waals surface area contributed by atoms with Gasteiger partial charge in [0, 0.05) is 4.47 Å². The van der Waals surface area contributed by atoms with E-state index < -0.39 is 0 Å². The van der Waals surface area contributed by atoms with Crippen molar-refractivity contribution in [3.8, 4) is 6.19 Å². The number of rotatable bonds is 1. The van der Waals surface area contributed by atoms with E-state index in [-0.39, 0.29) is 0 Å². The minimum atomic E-state index is 0.520. The number of nitrogens with one attached hydrogen (secondary N) is 1. The van der Waals surface area contributed by atoms with Gasteiger partial charge in [-0.15, -0.1) is 0 Å². The molecule has 0 saturated carbocycles. The van der Waals surface area contributed by atoms with Crippen molar-refractivity contribution < 1.29 is 0 Å². The Balaban J connectivity index is 3.15. The first-order valence-corrected chi connectivity index (χ1v) is 6.72. The van der Waals surface area contributed by atoms with Crippen LogP contribution in [0.4, 0.5) is 5.69 Å². The van der Waals surface area contributed by atoms with Crippen LogP contribution in [0.25, 0.3) is 0 Å². The van der Waals surface area contributed by atoms with Crippen LogP contribution in [-0.4, -0.2) is 11.4 Å². The molecule has 6 heteroatoms. The van der Waals surface area contributed by atoms with Gasteiger partial charge in [-0.1, -0.05) is 39.3 Å². The molecule has 16 heavy (non-hydrogen) atoms. The quantitative estimate of drug-likeness (QED) is 0.370. The number of halogens is 2. The molecular weight excluding hydrogens is 310 g/mol. The first-order chi connectivity index (χ1) is 7.60. The normalized spacial score (nSPS) is 11.1. The lowest BCUT2D eigenvalue weighted by molar-refractivity contribution is 1.27. The number of nitrogens with zero attached hydrogens (tertiary/aromatic N) is 2. The SMILES string of the molecule is CSC(=Nc1ccc(Br)c(C)c1Cl)NC#N. The van der Waals surface area contributed by atoms with Crippen molar-refractivity contribution in [1.82, 2.24) is 5.32 Å². The highest BCUT2D eigenvalue weighted by atomic mass is 79.9. The molecule has 1 N–H and O–H groups in total. The van der Waals surface area contributed by atoms with E-state index >= 15 is 0 Å². The number of nitriles is 1. The molecule has 1 rings (SSSR count). The van der Waals surface area contributed by atoms with Gasteiger partial charge in [-0.25, -0.2) is 4.99 Å². The van der Waals surface area contributed by atoms with Gasteiger partial charge in [-0.3, -0.25) is 5.32 Å². The van der Waals surface area contributed by atoms with Crippen molar-refractivity contribution in [3.63, 3.8) is 0 Å². The van der Waals surface area contributed by atoms with Gasteiger partial charge >= 0.3 is 0 Å². The Morgan fingerprint density at radius 2 is 2.31 bits per heavy atom. The van der Waals surface area contributed by atoms with E-state index in [1.54, 1.807) is 6.07 Å². The Morgan fingerprint density at radius 3 is 2.88 bits per heavy atom. The Hall–Kier alpha value is -0.700. The van der Waals surface area contributed by atoms with Crippen molar-refractivity contribution in [3.05, 3.63) is 27.2 Å². The van der Waals surface area contributed by atoms with Gasteiger partial charge in [-0.2, -0.15) is 5.26 Å². The molecule has 0 saturated heterocycles. The number of amidine groups is 1. The summed E-state index contributed by atoms with van der Waals surface area (Å²) in [7, 11) is 0. The fourth-order valence-corrected chi connectivity index (χ4v) is 2.00. The summed E-state index contributed by atoms with van der Waals surface area (Å²) in [6.07, 6.45) is 3.67. The molecule has 0 amide bonds. The van der Waals surface area contributed by atoms with Crippen molar-refractivity contribution in [2.45, 2.75) is 6.92 Å². The van der Waals surface area contributed by atoms with Crippen molar-refractivity contribution >= 4 is 50.1 Å². The molecule has 0 heterocycles. The van der Waals surface area contributed by atoms with E-state index in [1.165, 1.54) is 11.8 Å². The summed E-state index contributed by atoms with van der Waals surface area (Å²) in [5.41, 5.74) is 1.58. The lowest BCUT2D eigenvalue weighted by Crippen LogP contribution is -2.12. The predicted octanol–water partition coefficient (Wildman–Crippen LogP) is 3.83.